The SMILES string of the molecule is CN1CCC(CN)(NCC2(C)CCCO2)C1. The number of nitrogens with zero attached hydrogens (tertiary/aromatic N) is 1. The molecule has 0 saturated carbocycles. The van der Waals surface area contributed by atoms with Crippen LogP contribution >= 0.6 is 0 Å². The van der Waals surface area contributed by atoms with Crippen molar-refractivity contribution in [3.05, 3.63) is 0 Å². The van der Waals surface area contributed by atoms with E-state index in [1.807, 2.05) is 0 Å². The molecule has 4 heteroatoms. The fourth-order valence-electron chi connectivity index (χ4n) is 2.81. The smallest absolute Gasteiger partial charge is 0.0779 e. The van der Waals surface area contributed by atoms with Gasteiger partial charge in [0.2, 0.25) is 0 Å². The lowest BCUT2D eigenvalue weighted by molar-refractivity contribution is 0.0148. The van der Waals surface area contributed by atoms with Gasteiger partial charge in [0.1, 0.15) is 0 Å². The van der Waals surface area contributed by atoms with Crippen LogP contribution in [0.2, 0.25) is 0 Å². The van der Waals surface area contributed by atoms with Gasteiger partial charge in [-0.05, 0) is 39.8 Å². The maximum absolute atomic E-state index is 5.93. The minimum atomic E-state index is 0.0311. The van der Waals surface area contributed by atoms with Crippen LogP contribution in [0.1, 0.15) is 26.2 Å². The predicted octanol–water partition coefficient (Wildman–Crippen LogP) is 0.178. The molecule has 2 atom stereocenters. The van der Waals surface area contributed by atoms with Gasteiger partial charge in [0.05, 0.1) is 5.60 Å². The molecule has 94 valence electrons. The van der Waals surface area contributed by atoms with Gasteiger partial charge < -0.3 is 20.7 Å². The van der Waals surface area contributed by atoms with E-state index in [0.29, 0.717) is 6.54 Å². The van der Waals surface area contributed by atoms with Crippen LogP contribution < -0.4 is 11.1 Å². The number of rotatable bonds is 4. The molecule has 2 rings (SSSR count). The lowest BCUT2D eigenvalue weighted by Crippen LogP contribution is -2.56. The highest BCUT2D eigenvalue weighted by molar-refractivity contribution is 4.99. The summed E-state index contributed by atoms with van der Waals surface area (Å²) in [6.45, 7) is 6.95. The van der Waals surface area contributed by atoms with Crippen molar-refractivity contribution in [3.63, 3.8) is 0 Å². The van der Waals surface area contributed by atoms with Crippen LogP contribution in [-0.4, -0.2) is 55.9 Å². The molecule has 2 unspecified atom stereocenters. The third-order valence-corrected chi connectivity index (χ3v) is 4.07. The summed E-state index contributed by atoms with van der Waals surface area (Å²) in [5.41, 5.74) is 6.07. The van der Waals surface area contributed by atoms with E-state index < -0.39 is 0 Å². The molecule has 0 amide bonds. The Morgan fingerprint density at radius 2 is 2.25 bits per heavy atom. The van der Waals surface area contributed by atoms with E-state index in [1.165, 1.54) is 6.42 Å². The van der Waals surface area contributed by atoms with Crippen LogP contribution in [0.15, 0.2) is 0 Å². The maximum atomic E-state index is 5.93. The molecule has 0 aliphatic carbocycles. The number of hydrogen-bond acceptors (Lipinski definition) is 4. The number of ether oxygens (including phenoxy) is 1. The Labute approximate surface area is 98.5 Å². The molecule has 16 heavy (non-hydrogen) atoms. The van der Waals surface area contributed by atoms with E-state index in [-0.39, 0.29) is 11.1 Å². The highest BCUT2D eigenvalue weighted by Crippen LogP contribution is 2.26. The molecular formula is C12H25N3O. The predicted molar refractivity (Wildman–Crippen MR) is 65.5 cm³/mol. The molecule has 0 bridgehead atoms. The molecule has 0 aromatic rings. The minimum absolute atomic E-state index is 0.0311. The van der Waals surface area contributed by atoms with Crippen molar-refractivity contribution in [1.29, 1.82) is 0 Å². The Balaban J connectivity index is 1.87. The molecule has 3 N–H and O–H groups in total. The van der Waals surface area contributed by atoms with Crippen molar-refractivity contribution in [2.24, 2.45) is 5.73 Å². The Morgan fingerprint density at radius 1 is 1.44 bits per heavy atom. The number of nitrogens with two attached hydrogens (primary N) is 1. The molecule has 2 saturated heterocycles. The van der Waals surface area contributed by atoms with Gasteiger partial charge in [0.15, 0.2) is 0 Å². The van der Waals surface area contributed by atoms with Crippen molar-refractivity contribution < 1.29 is 4.74 Å². The first-order chi connectivity index (χ1) is 7.58. The van der Waals surface area contributed by atoms with Crippen molar-refractivity contribution >= 4 is 0 Å². The average molecular weight is 227 g/mol. The quantitative estimate of drug-likeness (QED) is 0.719. The van der Waals surface area contributed by atoms with Gasteiger partial charge in [-0.2, -0.15) is 0 Å². The molecule has 2 aliphatic rings. The lowest BCUT2D eigenvalue weighted by Gasteiger charge is -2.33. The number of likely N-dealkylation sites (N-methyl/N-ethyl adjacent to an activating group) is 1. The normalized spacial score (nSPS) is 40.7. The molecule has 0 aromatic heterocycles. The molecule has 0 radical (unpaired) electrons. The Bertz CT molecular complexity index is 240. The van der Waals surface area contributed by atoms with E-state index >= 15 is 0 Å². The fraction of sp³-hybridized carbons (Fsp3) is 1.00. The minimum Gasteiger partial charge on any atom is -0.374 e. The topological polar surface area (TPSA) is 50.5 Å². The summed E-state index contributed by atoms with van der Waals surface area (Å²) in [6, 6.07) is 0. The van der Waals surface area contributed by atoms with Gasteiger partial charge in [-0.25, -0.2) is 0 Å². The third-order valence-electron chi connectivity index (χ3n) is 4.07. The summed E-state index contributed by atoms with van der Waals surface area (Å²) in [5, 5.41) is 3.67. The average Bonchev–Trinajstić information content (AvgIpc) is 2.85. The largest absolute Gasteiger partial charge is 0.374 e. The summed E-state index contributed by atoms with van der Waals surface area (Å²) < 4.78 is 5.80. The number of likely N-dealkylation sites (tertiary alicyclic amines) is 1. The van der Waals surface area contributed by atoms with E-state index in [1.54, 1.807) is 0 Å². The van der Waals surface area contributed by atoms with Crippen molar-refractivity contribution in [2.75, 3.05) is 39.8 Å². The van der Waals surface area contributed by atoms with Gasteiger partial charge in [-0.15, -0.1) is 0 Å². The molecule has 0 aromatic carbocycles. The van der Waals surface area contributed by atoms with Gasteiger partial charge >= 0.3 is 0 Å². The highest BCUT2D eigenvalue weighted by Gasteiger charge is 2.38. The summed E-state index contributed by atoms with van der Waals surface area (Å²) in [7, 11) is 2.16. The van der Waals surface area contributed by atoms with Crippen LogP contribution in [-0.2, 0) is 4.74 Å². The highest BCUT2D eigenvalue weighted by atomic mass is 16.5. The molecule has 2 fully saturated rings. The zero-order valence-electron chi connectivity index (χ0n) is 10.6. The van der Waals surface area contributed by atoms with Crippen LogP contribution in [0.25, 0.3) is 0 Å². The van der Waals surface area contributed by atoms with Crippen LogP contribution in [0, 0.1) is 0 Å². The van der Waals surface area contributed by atoms with Crippen LogP contribution in [0.3, 0.4) is 0 Å². The summed E-state index contributed by atoms with van der Waals surface area (Å²) >= 11 is 0. The molecule has 2 heterocycles. The van der Waals surface area contributed by atoms with Crippen molar-refractivity contribution in [1.82, 2.24) is 10.2 Å². The zero-order chi connectivity index (χ0) is 11.6. The second-order valence-electron chi connectivity index (χ2n) is 5.73. The molecule has 0 spiro atoms. The summed E-state index contributed by atoms with van der Waals surface area (Å²) in [4.78, 5) is 2.34. The first-order valence-corrected chi connectivity index (χ1v) is 6.35. The van der Waals surface area contributed by atoms with Gasteiger partial charge in [-0.1, -0.05) is 0 Å². The van der Waals surface area contributed by atoms with Crippen molar-refractivity contribution in [3.8, 4) is 0 Å². The van der Waals surface area contributed by atoms with Crippen LogP contribution in [0.4, 0.5) is 0 Å². The van der Waals surface area contributed by atoms with E-state index in [0.717, 1.165) is 39.1 Å². The van der Waals surface area contributed by atoms with Gasteiger partial charge in [-0.3, -0.25) is 0 Å². The number of hydrogen-bond donors (Lipinski definition) is 2. The van der Waals surface area contributed by atoms with E-state index in [2.05, 4.69) is 24.2 Å². The lowest BCUT2D eigenvalue weighted by atomic mass is 9.95. The first kappa shape index (κ1) is 12.3. The first-order valence-electron chi connectivity index (χ1n) is 6.35. The van der Waals surface area contributed by atoms with E-state index in [9.17, 15) is 0 Å². The maximum Gasteiger partial charge on any atom is 0.0779 e. The second kappa shape index (κ2) is 4.61. The standard InChI is InChI=1S/C12H25N3O/c1-11(4-3-7-16-11)9-14-12(8-13)5-6-15(2)10-12/h14H,3-10,13H2,1-2H3. The molecule has 4 nitrogen and oxygen atoms in total. The Morgan fingerprint density at radius 3 is 2.75 bits per heavy atom. The molecule has 2 aliphatic heterocycles. The number of nitrogens with one attached hydrogen (secondary N) is 1. The zero-order valence-corrected chi connectivity index (χ0v) is 10.6. The van der Waals surface area contributed by atoms with Crippen molar-refractivity contribution in [2.45, 2.75) is 37.3 Å². The summed E-state index contributed by atoms with van der Waals surface area (Å²) in [5.74, 6) is 0. The second-order valence-corrected chi connectivity index (χ2v) is 5.73. The van der Waals surface area contributed by atoms with Gasteiger partial charge in [0.25, 0.3) is 0 Å². The third kappa shape index (κ3) is 2.56. The van der Waals surface area contributed by atoms with Crippen LogP contribution in [0.5, 0.6) is 0 Å². The monoisotopic (exact) mass is 227 g/mol. The Kier molecular flexibility index (Phi) is 3.54. The van der Waals surface area contributed by atoms with Gasteiger partial charge in [0, 0.05) is 31.8 Å². The van der Waals surface area contributed by atoms with E-state index in [4.69, 9.17) is 10.5 Å². The molecular weight excluding hydrogens is 202 g/mol. The summed E-state index contributed by atoms with van der Waals surface area (Å²) in [6.07, 6.45) is 3.50. The Hall–Kier alpha value is -0.160. The fourth-order valence-corrected chi connectivity index (χ4v) is 2.81.